The molecule has 106 valence electrons. The second kappa shape index (κ2) is 5.49. The van der Waals surface area contributed by atoms with Crippen LogP contribution in [0.4, 0.5) is 4.39 Å². The summed E-state index contributed by atoms with van der Waals surface area (Å²) >= 11 is 0. The lowest BCUT2D eigenvalue weighted by Crippen LogP contribution is -2.12. The number of nitrogens with zero attached hydrogens (tertiary/aromatic N) is 1. The van der Waals surface area contributed by atoms with Gasteiger partial charge in [-0.25, -0.2) is 4.98 Å². The zero-order valence-corrected chi connectivity index (χ0v) is 12.1. The van der Waals surface area contributed by atoms with Gasteiger partial charge in [0.15, 0.2) is 0 Å². The maximum Gasteiger partial charge on any atom is 0.216 e. The molecule has 0 unspecified atom stereocenters. The van der Waals surface area contributed by atoms with Crippen molar-refractivity contribution >= 4 is 0 Å². The Labute approximate surface area is 118 Å². The van der Waals surface area contributed by atoms with Gasteiger partial charge in [-0.1, -0.05) is 20.8 Å². The fraction of sp³-hybridized carbons (Fsp3) is 0.312. The van der Waals surface area contributed by atoms with E-state index >= 15 is 0 Å². The summed E-state index contributed by atoms with van der Waals surface area (Å²) in [6.45, 7) is 6.26. The molecule has 0 fully saturated rings. The Morgan fingerprint density at radius 3 is 2.40 bits per heavy atom. The van der Waals surface area contributed by atoms with Crippen molar-refractivity contribution in [3.63, 3.8) is 0 Å². The topological polar surface area (TPSA) is 31.4 Å². The van der Waals surface area contributed by atoms with Crippen LogP contribution in [0.3, 0.4) is 0 Å². The molecular weight excluding hydrogens is 257 g/mol. The van der Waals surface area contributed by atoms with E-state index in [0.717, 1.165) is 11.3 Å². The van der Waals surface area contributed by atoms with Crippen LogP contribution in [0.2, 0.25) is 0 Å². The van der Waals surface area contributed by atoms with Crippen LogP contribution < -0.4 is 9.47 Å². The summed E-state index contributed by atoms with van der Waals surface area (Å²) in [4.78, 5) is 3.51. The van der Waals surface area contributed by atoms with Crippen LogP contribution in [0, 0.1) is 5.95 Å². The summed E-state index contributed by atoms with van der Waals surface area (Å²) in [5, 5.41) is 0. The molecule has 20 heavy (non-hydrogen) atoms. The highest BCUT2D eigenvalue weighted by Gasteiger charge is 2.20. The number of hydrogen-bond donors (Lipinski definition) is 0. The third kappa shape index (κ3) is 3.26. The second-order valence-corrected chi connectivity index (χ2v) is 5.53. The molecule has 1 heterocycles. The predicted molar refractivity (Wildman–Crippen MR) is 76.0 cm³/mol. The van der Waals surface area contributed by atoms with E-state index in [-0.39, 0.29) is 5.41 Å². The average molecular weight is 275 g/mol. The van der Waals surface area contributed by atoms with E-state index in [4.69, 9.17) is 9.47 Å². The third-order valence-corrected chi connectivity index (χ3v) is 2.92. The Kier molecular flexibility index (Phi) is 3.93. The number of rotatable bonds is 3. The predicted octanol–water partition coefficient (Wildman–Crippen LogP) is 4.32. The molecule has 4 heteroatoms. The molecule has 2 rings (SSSR count). The van der Waals surface area contributed by atoms with Gasteiger partial charge in [-0.15, -0.1) is 0 Å². The van der Waals surface area contributed by atoms with Crippen molar-refractivity contribution in [1.29, 1.82) is 0 Å². The normalized spacial score (nSPS) is 11.2. The van der Waals surface area contributed by atoms with Gasteiger partial charge in [0, 0.05) is 17.8 Å². The molecule has 0 saturated carbocycles. The van der Waals surface area contributed by atoms with Crippen molar-refractivity contribution in [3.05, 3.63) is 48.0 Å². The molecule has 0 amide bonds. The summed E-state index contributed by atoms with van der Waals surface area (Å²) < 4.78 is 24.1. The molecule has 0 saturated heterocycles. The number of hydrogen-bond acceptors (Lipinski definition) is 3. The van der Waals surface area contributed by atoms with E-state index in [1.54, 1.807) is 13.2 Å². The Bertz CT molecular complexity index is 606. The minimum Gasteiger partial charge on any atom is -0.497 e. The van der Waals surface area contributed by atoms with Gasteiger partial charge in [-0.3, -0.25) is 0 Å². The van der Waals surface area contributed by atoms with Crippen LogP contribution in [0.25, 0.3) is 0 Å². The van der Waals surface area contributed by atoms with E-state index in [0.29, 0.717) is 11.5 Å². The van der Waals surface area contributed by atoms with Crippen molar-refractivity contribution < 1.29 is 13.9 Å². The summed E-state index contributed by atoms with van der Waals surface area (Å²) in [6, 6.07) is 8.48. The number of ether oxygens (including phenoxy) is 2. The average Bonchev–Trinajstić information content (AvgIpc) is 2.38. The zero-order chi connectivity index (χ0) is 14.8. The van der Waals surface area contributed by atoms with Crippen LogP contribution in [0.15, 0.2) is 36.5 Å². The molecule has 0 aliphatic heterocycles. The van der Waals surface area contributed by atoms with Crippen molar-refractivity contribution in [2.24, 2.45) is 0 Å². The molecule has 0 radical (unpaired) electrons. The molecule has 3 nitrogen and oxygen atoms in total. The van der Waals surface area contributed by atoms with Gasteiger partial charge in [0.2, 0.25) is 5.95 Å². The summed E-state index contributed by atoms with van der Waals surface area (Å²) in [7, 11) is 1.63. The van der Waals surface area contributed by atoms with E-state index in [9.17, 15) is 4.39 Å². The quantitative estimate of drug-likeness (QED) is 0.782. The molecule has 1 aromatic heterocycles. The van der Waals surface area contributed by atoms with Crippen molar-refractivity contribution in [2.45, 2.75) is 26.2 Å². The van der Waals surface area contributed by atoms with Gasteiger partial charge >= 0.3 is 0 Å². The largest absolute Gasteiger partial charge is 0.497 e. The first kappa shape index (κ1) is 14.3. The minimum absolute atomic E-state index is 0.116. The molecule has 0 aliphatic rings. The number of aromatic nitrogens is 1. The van der Waals surface area contributed by atoms with Gasteiger partial charge in [0.05, 0.1) is 7.11 Å². The van der Waals surface area contributed by atoms with Crippen LogP contribution in [-0.4, -0.2) is 12.1 Å². The van der Waals surface area contributed by atoms with Crippen molar-refractivity contribution in [2.75, 3.05) is 7.11 Å². The Balaban J connectivity index is 2.41. The molecule has 0 aliphatic carbocycles. The zero-order valence-electron chi connectivity index (χ0n) is 12.1. The lowest BCUT2D eigenvalue weighted by Gasteiger charge is -2.23. The van der Waals surface area contributed by atoms with Gasteiger partial charge in [0.25, 0.3) is 0 Å². The van der Waals surface area contributed by atoms with E-state index in [1.807, 2.05) is 18.2 Å². The number of halogens is 1. The first-order chi connectivity index (χ1) is 9.40. The number of pyridine rings is 1. The Morgan fingerprint density at radius 2 is 1.80 bits per heavy atom. The SMILES string of the molecule is COc1ccc(Oc2ccnc(F)c2)c(C(C)(C)C)c1. The fourth-order valence-electron chi connectivity index (χ4n) is 1.89. The van der Waals surface area contributed by atoms with Gasteiger partial charge in [0.1, 0.15) is 17.2 Å². The fourth-order valence-corrected chi connectivity index (χ4v) is 1.89. The molecule has 0 atom stereocenters. The third-order valence-electron chi connectivity index (χ3n) is 2.92. The highest BCUT2D eigenvalue weighted by atomic mass is 19.1. The van der Waals surface area contributed by atoms with Crippen LogP contribution in [0.5, 0.6) is 17.2 Å². The standard InChI is InChI=1S/C16H18FNO2/c1-16(2,3)13-9-11(19-4)5-6-14(13)20-12-7-8-18-15(17)10-12/h5-10H,1-4H3. The summed E-state index contributed by atoms with van der Waals surface area (Å²) in [5.74, 6) is 1.31. The summed E-state index contributed by atoms with van der Waals surface area (Å²) in [6.07, 6.45) is 1.38. The van der Waals surface area contributed by atoms with Gasteiger partial charge in [-0.2, -0.15) is 4.39 Å². The first-order valence-electron chi connectivity index (χ1n) is 6.38. The molecule has 0 bridgehead atoms. The van der Waals surface area contributed by atoms with Crippen molar-refractivity contribution in [3.8, 4) is 17.2 Å². The monoisotopic (exact) mass is 275 g/mol. The lowest BCUT2D eigenvalue weighted by atomic mass is 9.86. The van der Waals surface area contributed by atoms with Crippen LogP contribution >= 0.6 is 0 Å². The first-order valence-corrected chi connectivity index (χ1v) is 6.38. The number of benzene rings is 1. The molecule has 0 spiro atoms. The smallest absolute Gasteiger partial charge is 0.216 e. The maximum atomic E-state index is 13.1. The van der Waals surface area contributed by atoms with Crippen molar-refractivity contribution in [1.82, 2.24) is 4.98 Å². The Morgan fingerprint density at radius 1 is 1.05 bits per heavy atom. The molecule has 2 aromatic rings. The highest BCUT2D eigenvalue weighted by Crippen LogP contribution is 2.36. The Hall–Kier alpha value is -2.10. The minimum atomic E-state index is -0.562. The van der Waals surface area contributed by atoms with E-state index in [1.165, 1.54) is 12.3 Å². The van der Waals surface area contributed by atoms with Crippen LogP contribution in [-0.2, 0) is 5.41 Å². The molecule has 0 N–H and O–H groups in total. The van der Waals surface area contributed by atoms with E-state index in [2.05, 4.69) is 25.8 Å². The van der Waals surface area contributed by atoms with Crippen LogP contribution in [0.1, 0.15) is 26.3 Å². The van der Waals surface area contributed by atoms with Gasteiger partial charge in [-0.05, 0) is 29.7 Å². The summed E-state index contributed by atoms with van der Waals surface area (Å²) in [5.41, 5.74) is 0.879. The highest BCUT2D eigenvalue weighted by molar-refractivity contribution is 5.46. The second-order valence-electron chi connectivity index (χ2n) is 5.53. The molecular formula is C16H18FNO2. The maximum absolute atomic E-state index is 13.1. The number of methoxy groups -OCH3 is 1. The lowest BCUT2D eigenvalue weighted by molar-refractivity contribution is 0.406. The van der Waals surface area contributed by atoms with E-state index < -0.39 is 5.95 Å². The molecule has 1 aromatic carbocycles. The van der Waals surface area contributed by atoms with Gasteiger partial charge < -0.3 is 9.47 Å².